The van der Waals surface area contributed by atoms with Crippen LogP contribution in [0.3, 0.4) is 0 Å². The fraction of sp³-hybridized carbons (Fsp3) is 0.389. The summed E-state index contributed by atoms with van der Waals surface area (Å²) in [5.41, 5.74) is 2.13. The summed E-state index contributed by atoms with van der Waals surface area (Å²) in [4.78, 5) is 71.8. The van der Waals surface area contributed by atoms with E-state index in [-0.39, 0.29) is 30.0 Å². The summed E-state index contributed by atoms with van der Waals surface area (Å²) in [5.74, 6) is -2.10. The Morgan fingerprint density at radius 3 is 2.26 bits per heavy atom. The van der Waals surface area contributed by atoms with E-state index in [0.717, 1.165) is 24.0 Å². The van der Waals surface area contributed by atoms with Crippen LogP contribution in [0, 0.1) is 5.41 Å². The number of aliphatic carboxylic acids is 1. The topological polar surface area (TPSA) is 149 Å². The molecular weight excluding hydrogens is 598 g/mol. The van der Waals surface area contributed by atoms with Gasteiger partial charge in [-0.05, 0) is 54.2 Å². The zero-order valence-corrected chi connectivity index (χ0v) is 26.7. The summed E-state index contributed by atoms with van der Waals surface area (Å²) in [6, 6.07) is 18.1. The second-order valence-corrected chi connectivity index (χ2v) is 12.5. The van der Waals surface area contributed by atoms with Crippen molar-refractivity contribution in [3.8, 4) is 0 Å². The van der Waals surface area contributed by atoms with Crippen LogP contribution in [0.1, 0.15) is 68.8 Å². The molecule has 11 heteroatoms. The lowest BCUT2D eigenvalue weighted by Gasteiger charge is -2.31. The molecule has 2 heterocycles. The average molecular weight is 640 g/mol. The van der Waals surface area contributed by atoms with Gasteiger partial charge in [0.1, 0.15) is 18.2 Å². The van der Waals surface area contributed by atoms with Gasteiger partial charge in [-0.3, -0.25) is 29.1 Å². The molecule has 2 fully saturated rings. The number of hydrogen-bond acceptors (Lipinski definition) is 6. The van der Waals surface area contributed by atoms with E-state index in [4.69, 9.17) is 0 Å². The minimum atomic E-state index is -1.16. The van der Waals surface area contributed by atoms with Gasteiger partial charge in [0.25, 0.3) is 5.91 Å². The lowest BCUT2D eigenvalue weighted by atomic mass is 9.81. The van der Waals surface area contributed by atoms with Crippen LogP contribution in [0.5, 0.6) is 0 Å². The number of carboxylic acids is 1. The van der Waals surface area contributed by atoms with Gasteiger partial charge in [-0.15, -0.1) is 0 Å². The Morgan fingerprint density at radius 1 is 0.957 bits per heavy atom. The van der Waals surface area contributed by atoms with Crippen molar-refractivity contribution in [2.24, 2.45) is 5.41 Å². The van der Waals surface area contributed by atoms with Crippen molar-refractivity contribution in [3.63, 3.8) is 0 Å². The zero-order valence-electron chi connectivity index (χ0n) is 26.7. The summed E-state index contributed by atoms with van der Waals surface area (Å²) in [7, 11) is 0. The molecule has 1 aliphatic heterocycles. The molecular formula is C36H41N5O6. The number of carbonyl (C=O) groups excluding carboxylic acids is 4. The largest absolute Gasteiger partial charge is 0.480 e. The molecule has 1 saturated heterocycles. The molecule has 5 rings (SSSR count). The second-order valence-electron chi connectivity index (χ2n) is 12.5. The van der Waals surface area contributed by atoms with E-state index in [1.54, 1.807) is 52.5 Å². The van der Waals surface area contributed by atoms with Gasteiger partial charge < -0.3 is 20.6 Å². The number of aromatic nitrogens is 1. The van der Waals surface area contributed by atoms with Crippen molar-refractivity contribution in [1.82, 2.24) is 20.5 Å². The molecule has 1 saturated carbocycles. The number of hydrogen-bond donors (Lipinski definition) is 3. The van der Waals surface area contributed by atoms with Crippen molar-refractivity contribution in [2.75, 3.05) is 11.4 Å². The quantitative estimate of drug-likeness (QED) is 0.273. The first-order chi connectivity index (χ1) is 22.6. The third kappa shape index (κ3) is 7.51. The molecule has 246 valence electrons. The fourth-order valence-electron chi connectivity index (χ4n) is 6.88. The Bertz CT molecular complexity index is 1590. The molecule has 11 nitrogen and oxygen atoms in total. The monoisotopic (exact) mass is 639 g/mol. The van der Waals surface area contributed by atoms with E-state index in [0.29, 0.717) is 43.5 Å². The molecule has 2 aromatic carbocycles. The van der Waals surface area contributed by atoms with Crippen molar-refractivity contribution in [2.45, 2.75) is 77.0 Å². The first-order valence-electron chi connectivity index (χ1n) is 16.0. The van der Waals surface area contributed by atoms with Gasteiger partial charge in [0, 0.05) is 51.3 Å². The summed E-state index contributed by atoms with van der Waals surface area (Å²) >= 11 is 0. The number of carboxylic acid groups (broad SMARTS) is 1. The van der Waals surface area contributed by atoms with Crippen LogP contribution in [0.25, 0.3) is 0 Å². The highest BCUT2D eigenvalue weighted by molar-refractivity contribution is 6.03. The van der Waals surface area contributed by atoms with Gasteiger partial charge in [-0.1, -0.05) is 61.4 Å². The average Bonchev–Trinajstić information content (AvgIpc) is 3.65. The summed E-state index contributed by atoms with van der Waals surface area (Å²) < 4.78 is 0. The van der Waals surface area contributed by atoms with Crippen molar-refractivity contribution in [1.29, 1.82) is 0 Å². The molecule has 0 bridgehead atoms. The van der Waals surface area contributed by atoms with E-state index in [1.807, 2.05) is 36.4 Å². The summed E-state index contributed by atoms with van der Waals surface area (Å²) in [6.45, 7) is 3.24. The molecule has 2 aliphatic rings. The molecule has 3 N–H and O–H groups in total. The molecule has 3 atom stereocenters. The van der Waals surface area contributed by atoms with E-state index in [9.17, 15) is 29.1 Å². The number of carbonyl (C=O) groups is 5. The van der Waals surface area contributed by atoms with E-state index in [1.165, 1.54) is 13.8 Å². The number of anilines is 1. The maximum atomic E-state index is 14.1. The standard InChI is InChI=1S/C36H41N5O6/c1-24(42)38-20-18-36(16-6-7-17-36)35(47)39-30(34(45)46)21-26-12-14-29(15-13-26)41-32(28-10-4-3-5-11-28)40(25(2)43)31(33(41)44)22-27-9-8-19-37-23-27/h3-5,8-15,19,23,30-32H,6-7,16-18,20-22H2,1-2H3,(H,38,42)(H,39,47)(H,45,46). The Morgan fingerprint density at radius 2 is 1.66 bits per heavy atom. The summed E-state index contributed by atoms with van der Waals surface area (Å²) in [6.07, 6.45) is 6.49. The highest BCUT2D eigenvalue weighted by Gasteiger charge is 2.48. The van der Waals surface area contributed by atoms with Gasteiger partial charge in [0.05, 0.1) is 5.41 Å². The zero-order chi connectivity index (χ0) is 33.6. The number of rotatable bonds is 12. The lowest BCUT2D eigenvalue weighted by molar-refractivity contribution is -0.144. The number of nitrogens with one attached hydrogen (secondary N) is 2. The normalized spacial score (nSPS) is 19.3. The molecule has 3 unspecified atom stereocenters. The van der Waals surface area contributed by atoms with Gasteiger partial charge in [-0.2, -0.15) is 0 Å². The molecule has 0 radical (unpaired) electrons. The Labute approximate surface area is 274 Å². The molecule has 47 heavy (non-hydrogen) atoms. The van der Waals surface area contributed by atoms with Crippen LogP contribution < -0.4 is 15.5 Å². The minimum absolute atomic E-state index is 0.0440. The van der Waals surface area contributed by atoms with Crippen LogP contribution in [-0.2, 0) is 36.8 Å². The SMILES string of the molecule is CC(=O)NCCC1(C(=O)NC(Cc2ccc(N3C(=O)C(Cc4cccnc4)N(C(C)=O)C3c3ccccc3)cc2)C(=O)O)CCCC1. The van der Waals surface area contributed by atoms with E-state index < -0.39 is 29.6 Å². The third-order valence-electron chi connectivity index (χ3n) is 9.26. The Balaban J connectivity index is 1.37. The molecule has 0 spiro atoms. The van der Waals surface area contributed by atoms with Crippen LogP contribution in [0.15, 0.2) is 79.1 Å². The van der Waals surface area contributed by atoms with Crippen molar-refractivity contribution >= 4 is 35.3 Å². The Hall–Kier alpha value is -5.06. The van der Waals surface area contributed by atoms with Crippen molar-refractivity contribution in [3.05, 3.63) is 95.8 Å². The second kappa shape index (κ2) is 14.6. The van der Waals surface area contributed by atoms with Gasteiger partial charge in [-0.25, -0.2) is 4.79 Å². The molecule has 1 aliphatic carbocycles. The first-order valence-corrected chi connectivity index (χ1v) is 16.0. The van der Waals surface area contributed by atoms with E-state index >= 15 is 0 Å². The van der Waals surface area contributed by atoms with Crippen LogP contribution in [0.4, 0.5) is 5.69 Å². The predicted molar refractivity (Wildman–Crippen MR) is 175 cm³/mol. The number of amides is 4. The highest BCUT2D eigenvalue weighted by atomic mass is 16.4. The van der Waals surface area contributed by atoms with Crippen LogP contribution in [0.2, 0.25) is 0 Å². The number of benzene rings is 2. The van der Waals surface area contributed by atoms with Gasteiger partial charge in [0.2, 0.25) is 17.7 Å². The van der Waals surface area contributed by atoms with Crippen LogP contribution in [-0.4, -0.2) is 63.2 Å². The Kier molecular flexibility index (Phi) is 10.3. The van der Waals surface area contributed by atoms with Gasteiger partial charge in [0.15, 0.2) is 0 Å². The highest BCUT2D eigenvalue weighted by Crippen LogP contribution is 2.42. The van der Waals surface area contributed by atoms with Crippen molar-refractivity contribution < 1.29 is 29.1 Å². The minimum Gasteiger partial charge on any atom is -0.480 e. The molecule has 3 aromatic rings. The van der Waals surface area contributed by atoms with Gasteiger partial charge >= 0.3 is 5.97 Å². The molecule has 1 aromatic heterocycles. The number of nitrogens with zero attached hydrogens (tertiary/aromatic N) is 3. The predicted octanol–water partition coefficient (Wildman–Crippen LogP) is 3.79. The molecule has 4 amide bonds. The maximum absolute atomic E-state index is 14.1. The fourth-order valence-corrected chi connectivity index (χ4v) is 6.88. The van der Waals surface area contributed by atoms with Crippen LogP contribution >= 0.6 is 0 Å². The summed E-state index contributed by atoms with van der Waals surface area (Å²) in [5, 5.41) is 15.6. The lowest BCUT2D eigenvalue weighted by Crippen LogP contribution is -2.49. The smallest absolute Gasteiger partial charge is 0.326 e. The first kappa shape index (κ1) is 33.3. The number of pyridine rings is 1. The maximum Gasteiger partial charge on any atom is 0.326 e. The third-order valence-corrected chi connectivity index (χ3v) is 9.26. The van der Waals surface area contributed by atoms with E-state index in [2.05, 4.69) is 15.6 Å².